The molecule has 0 bridgehead atoms. The average molecular weight is 335 g/mol. The second-order valence-electron chi connectivity index (χ2n) is 5.34. The Kier molecular flexibility index (Phi) is 6.87. The molecule has 0 radical (unpaired) electrons. The Bertz CT molecular complexity index is 571. The molecule has 0 aliphatic carbocycles. The van der Waals surface area contributed by atoms with Crippen molar-refractivity contribution >= 4 is 11.8 Å². The topological polar surface area (TPSA) is 79.9 Å². The molecule has 0 atom stereocenters. The number of benzene rings is 1. The summed E-state index contributed by atoms with van der Waals surface area (Å²) in [6.45, 7) is 7.67. The fourth-order valence-corrected chi connectivity index (χ4v) is 2.48. The van der Waals surface area contributed by atoms with Crippen molar-refractivity contribution in [3.05, 3.63) is 23.8 Å². The van der Waals surface area contributed by atoms with Crippen LogP contribution < -0.4 is 20.1 Å². The number of hydrogen-bond acceptors (Lipinski definition) is 5. The predicted molar refractivity (Wildman–Crippen MR) is 90.6 cm³/mol. The van der Waals surface area contributed by atoms with Crippen LogP contribution in [0.5, 0.6) is 11.5 Å². The summed E-state index contributed by atoms with van der Waals surface area (Å²) in [5, 5.41) is 5.86. The summed E-state index contributed by atoms with van der Waals surface area (Å²) in [6, 6.07) is 5.01. The van der Waals surface area contributed by atoms with Gasteiger partial charge >= 0.3 is 0 Å². The lowest BCUT2D eigenvalue weighted by atomic mass is 10.2. The van der Waals surface area contributed by atoms with E-state index in [-0.39, 0.29) is 18.4 Å². The Labute approximate surface area is 142 Å². The van der Waals surface area contributed by atoms with Crippen molar-refractivity contribution in [3.63, 3.8) is 0 Å². The van der Waals surface area contributed by atoms with E-state index in [4.69, 9.17) is 9.47 Å². The zero-order valence-corrected chi connectivity index (χ0v) is 14.3. The summed E-state index contributed by atoms with van der Waals surface area (Å²) >= 11 is 0. The van der Waals surface area contributed by atoms with Gasteiger partial charge in [0.15, 0.2) is 11.5 Å². The standard InChI is InChI=1S/C17H25N3O4/c1-3-23-14-6-5-13(11-15(14)24-4-2)17(22)19-12-16(21)20-9-7-18-8-10-20/h5-6,11,18H,3-4,7-10,12H2,1-2H3,(H,19,22). The summed E-state index contributed by atoms with van der Waals surface area (Å²) in [6.07, 6.45) is 0. The lowest BCUT2D eigenvalue weighted by molar-refractivity contribution is -0.130. The quantitative estimate of drug-likeness (QED) is 0.765. The molecule has 2 N–H and O–H groups in total. The SMILES string of the molecule is CCOc1ccc(C(=O)NCC(=O)N2CCNCC2)cc1OCC. The molecule has 2 rings (SSSR count). The molecule has 1 heterocycles. The van der Waals surface area contributed by atoms with Crippen LogP contribution in [0.15, 0.2) is 18.2 Å². The smallest absolute Gasteiger partial charge is 0.251 e. The average Bonchev–Trinajstić information content (AvgIpc) is 2.62. The number of ether oxygens (including phenoxy) is 2. The molecule has 0 unspecified atom stereocenters. The summed E-state index contributed by atoms with van der Waals surface area (Å²) in [4.78, 5) is 26.1. The molecule has 132 valence electrons. The van der Waals surface area contributed by atoms with Gasteiger partial charge < -0.3 is 25.0 Å². The summed E-state index contributed by atoms with van der Waals surface area (Å²) in [7, 11) is 0. The van der Waals surface area contributed by atoms with E-state index in [1.54, 1.807) is 23.1 Å². The van der Waals surface area contributed by atoms with Crippen LogP contribution in [0.2, 0.25) is 0 Å². The Hall–Kier alpha value is -2.28. The molecular formula is C17H25N3O4. The molecule has 1 aromatic rings. The van der Waals surface area contributed by atoms with Crippen LogP contribution in [0.25, 0.3) is 0 Å². The van der Waals surface area contributed by atoms with Crippen LogP contribution in [-0.4, -0.2) is 62.7 Å². The Balaban J connectivity index is 1.95. The number of nitrogens with zero attached hydrogens (tertiary/aromatic N) is 1. The van der Waals surface area contributed by atoms with Gasteiger partial charge in [0.1, 0.15) is 0 Å². The molecule has 1 aliphatic rings. The molecule has 1 saturated heterocycles. The van der Waals surface area contributed by atoms with Crippen LogP contribution in [-0.2, 0) is 4.79 Å². The van der Waals surface area contributed by atoms with Gasteiger partial charge in [-0.05, 0) is 32.0 Å². The minimum absolute atomic E-state index is 0.00396. The first-order valence-corrected chi connectivity index (χ1v) is 8.32. The Morgan fingerprint density at radius 1 is 1.12 bits per heavy atom. The van der Waals surface area contributed by atoms with Crippen LogP contribution >= 0.6 is 0 Å². The number of carbonyl (C=O) groups excluding carboxylic acids is 2. The molecule has 1 aliphatic heterocycles. The van der Waals surface area contributed by atoms with Crippen molar-refractivity contribution in [3.8, 4) is 11.5 Å². The largest absolute Gasteiger partial charge is 0.490 e. The van der Waals surface area contributed by atoms with Gasteiger partial charge in [0.05, 0.1) is 19.8 Å². The highest BCUT2D eigenvalue weighted by molar-refractivity contribution is 5.97. The van der Waals surface area contributed by atoms with Crippen molar-refractivity contribution in [2.75, 3.05) is 45.9 Å². The summed E-state index contributed by atoms with van der Waals surface area (Å²) in [5.74, 6) is 0.761. The van der Waals surface area contributed by atoms with Gasteiger partial charge in [0.25, 0.3) is 5.91 Å². The van der Waals surface area contributed by atoms with Crippen molar-refractivity contribution in [2.45, 2.75) is 13.8 Å². The van der Waals surface area contributed by atoms with Gasteiger partial charge in [-0.3, -0.25) is 9.59 Å². The fraction of sp³-hybridized carbons (Fsp3) is 0.529. The van der Waals surface area contributed by atoms with Crippen molar-refractivity contribution in [1.82, 2.24) is 15.5 Å². The molecule has 0 spiro atoms. The van der Waals surface area contributed by atoms with Crippen LogP contribution in [0.3, 0.4) is 0 Å². The Morgan fingerprint density at radius 2 is 1.79 bits per heavy atom. The molecule has 2 amide bonds. The van der Waals surface area contributed by atoms with E-state index in [0.717, 1.165) is 13.1 Å². The first-order chi connectivity index (χ1) is 11.7. The summed E-state index contributed by atoms with van der Waals surface area (Å²) in [5.41, 5.74) is 0.440. The van der Waals surface area contributed by atoms with Gasteiger partial charge in [0.2, 0.25) is 5.91 Å². The van der Waals surface area contributed by atoms with E-state index in [2.05, 4.69) is 10.6 Å². The molecule has 1 aromatic carbocycles. The van der Waals surface area contributed by atoms with Gasteiger partial charge in [-0.25, -0.2) is 0 Å². The van der Waals surface area contributed by atoms with Crippen LogP contribution in [0.4, 0.5) is 0 Å². The highest BCUT2D eigenvalue weighted by atomic mass is 16.5. The number of carbonyl (C=O) groups is 2. The maximum absolute atomic E-state index is 12.3. The van der Waals surface area contributed by atoms with Crippen LogP contribution in [0, 0.1) is 0 Å². The summed E-state index contributed by atoms with van der Waals surface area (Å²) < 4.78 is 11.0. The Morgan fingerprint density at radius 3 is 2.46 bits per heavy atom. The predicted octanol–water partition coefficient (Wildman–Crippen LogP) is 0.646. The van der Waals surface area contributed by atoms with Crippen LogP contribution in [0.1, 0.15) is 24.2 Å². The number of rotatable bonds is 7. The molecule has 7 nitrogen and oxygen atoms in total. The van der Waals surface area contributed by atoms with Crippen molar-refractivity contribution in [2.24, 2.45) is 0 Å². The molecule has 24 heavy (non-hydrogen) atoms. The van der Waals surface area contributed by atoms with E-state index in [1.165, 1.54) is 0 Å². The lowest BCUT2D eigenvalue weighted by Crippen LogP contribution is -2.49. The second kappa shape index (κ2) is 9.12. The highest BCUT2D eigenvalue weighted by Crippen LogP contribution is 2.28. The molecule has 0 saturated carbocycles. The third-order valence-electron chi connectivity index (χ3n) is 3.68. The molecule has 1 fully saturated rings. The monoisotopic (exact) mass is 335 g/mol. The first-order valence-electron chi connectivity index (χ1n) is 8.32. The van der Waals surface area contributed by atoms with E-state index >= 15 is 0 Å². The van der Waals surface area contributed by atoms with E-state index in [1.807, 2.05) is 13.8 Å². The first kappa shape index (κ1) is 18.1. The zero-order valence-electron chi connectivity index (χ0n) is 14.3. The zero-order chi connectivity index (χ0) is 17.4. The molecular weight excluding hydrogens is 310 g/mol. The van der Waals surface area contributed by atoms with Gasteiger partial charge in [-0.2, -0.15) is 0 Å². The third-order valence-corrected chi connectivity index (χ3v) is 3.68. The lowest BCUT2D eigenvalue weighted by Gasteiger charge is -2.27. The second-order valence-corrected chi connectivity index (χ2v) is 5.34. The van der Waals surface area contributed by atoms with E-state index in [9.17, 15) is 9.59 Å². The number of hydrogen-bond donors (Lipinski definition) is 2. The number of nitrogens with one attached hydrogen (secondary N) is 2. The normalized spacial score (nSPS) is 14.2. The number of piperazine rings is 1. The maximum atomic E-state index is 12.3. The van der Waals surface area contributed by atoms with Gasteiger partial charge in [-0.1, -0.05) is 0 Å². The minimum Gasteiger partial charge on any atom is -0.490 e. The highest BCUT2D eigenvalue weighted by Gasteiger charge is 2.17. The van der Waals surface area contributed by atoms with Gasteiger partial charge in [-0.15, -0.1) is 0 Å². The van der Waals surface area contributed by atoms with E-state index in [0.29, 0.717) is 43.4 Å². The molecule has 7 heteroatoms. The number of amides is 2. The minimum atomic E-state index is -0.303. The van der Waals surface area contributed by atoms with Gasteiger partial charge in [0, 0.05) is 31.7 Å². The van der Waals surface area contributed by atoms with E-state index < -0.39 is 0 Å². The maximum Gasteiger partial charge on any atom is 0.251 e. The molecule has 0 aromatic heterocycles. The van der Waals surface area contributed by atoms with Crippen molar-refractivity contribution in [1.29, 1.82) is 0 Å². The third kappa shape index (κ3) is 4.86. The van der Waals surface area contributed by atoms with Crippen molar-refractivity contribution < 1.29 is 19.1 Å². The fourth-order valence-electron chi connectivity index (χ4n) is 2.48.